The van der Waals surface area contributed by atoms with Crippen LogP contribution in [0.1, 0.15) is 41.2 Å². The van der Waals surface area contributed by atoms with Crippen molar-refractivity contribution in [1.29, 1.82) is 0 Å². The summed E-state index contributed by atoms with van der Waals surface area (Å²) < 4.78 is 59.2. The molecule has 0 radical (unpaired) electrons. The van der Waals surface area contributed by atoms with E-state index in [0.29, 0.717) is 0 Å². The predicted molar refractivity (Wildman–Crippen MR) is 105 cm³/mol. The number of aromatic nitrogens is 1. The van der Waals surface area contributed by atoms with Crippen molar-refractivity contribution in [3.8, 4) is 0 Å². The highest BCUT2D eigenvalue weighted by atomic mass is 19.3. The van der Waals surface area contributed by atoms with Crippen molar-refractivity contribution in [1.82, 2.24) is 4.57 Å². The summed E-state index contributed by atoms with van der Waals surface area (Å²) in [6.45, 7) is 1.42. The molecule has 4 atom stereocenters. The van der Waals surface area contributed by atoms with Gasteiger partial charge in [0.25, 0.3) is 5.92 Å². The van der Waals surface area contributed by atoms with Crippen LogP contribution in [-0.4, -0.2) is 46.4 Å². The second kappa shape index (κ2) is 6.21. The van der Waals surface area contributed by atoms with Crippen LogP contribution >= 0.6 is 0 Å². The molecule has 3 aliphatic rings. The van der Waals surface area contributed by atoms with Crippen LogP contribution in [0.25, 0.3) is 10.9 Å². The first-order valence-electron chi connectivity index (χ1n) is 10.1. The molecule has 0 unspecified atom stereocenters. The first kappa shape index (κ1) is 20.3. The van der Waals surface area contributed by atoms with Gasteiger partial charge in [-0.25, -0.2) is 22.4 Å². The molecule has 31 heavy (non-hydrogen) atoms. The smallest absolute Gasteiger partial charge is 0.341 e. The number of rotatable bonds is 3. The molecule has 1 aliphatic heterocycles. The molecular formula is C21H21F4N3O3. The normalized spacial score (nSPS) is 31.3. The number of aryl methyl sites for hydroxylation is 1. The Labute approximate surface area is 174 Å². The largest absolute Gasteiger partial charge is 0.477 e. The lowest BCUT2D eigenvalue weighted by Crippen LogP contribution is -2.47. The zero-order valence-corrected chi connectivity index (χ0v) is 16.7. The van der Waals surface area contributed by atoms with Gasteiger partial charge in [0, 0.05) is 43.1 Å². The summed E-state index contributed by atoms with van der Waals surface area (Å²) in [5.41, 5.74) is 4.18. The minimum absolute atomic E-state index is 0.0309. The Balaban J connectivity index is 1.71. The fraction of sp³-hybridized carbons (Fsp3) is 0.524. The maximum Gasteiger partial charge on any atom is 0.341 e. The lowest BCUT2D eigenvalue weighted by molar-refractivity contribution is -0.0377. The molecule has 2 saturated carbocycles. The van der Waals surface area contributed by atoms with Gasteiger partial charge in [0.1, 0.15) is 17.6 Å². The van der Waals surface area contributed by atoms with Gasteiger partial charge < -0.3 is 20.3 Å². The van der Waals surface area contributed by atoms with Crippen molar-refractivity contribution >= 4 is 22.6 Å². The number of halogens is 4. The van der Waals surface area contributed by atoms with Gasteiger partial charge in [-0.15, -0.1) is 0 Å². The van der Waals surface area contributed by atoms with Gasteiger partial charge in [-0.05, 0) is 25.0 Å². The molecular weight excluding hydrogens is 418 g/mol. The molecule has 2 aliphatic carbocycles. The van der Waals surface area contributed by atoms with Crippen LogP contribution < -0.4 is 16.1 Å². The van der Waals surface area contributed by atoms with Crippen LogP contribution in [-0.2, 0) is 0 Å². The lowest BCUT2D eigenvalue weighted by atomic mass is 9.91. The number of pyridine rings is 1. The minimum Gasteiger partial charge on any atom is -0.477 e. The number of hydrogen-bond donors (Lipinski definition) is 2. The van der Waals surface area contributed by atoms with Crippen molar-refractivity contribution < 1.29 is 27.5 Å². The summed E-state index contributed by atoms with van der Waals surface area (Å²) in [5.74, 6) is -6.38. The van der Waals surface area contributed by atoms with Crippen molar-refractivity contribution in [2.75, 3.05) is 18.0 Å². The number of anilines is 1. The predicted octanol–water partition coefficient (Wildman–Crippen LogP) is 2.99. The number of alkyl halides is 3. The molecule has 0 amide bonds. The average Bonchev–Trinajstić information content (AvgIpc) is 3.22. The van der Waals surface area contributed by atoms with Crippen LogP contribution in [0.4, 0.5) is 23.2 Å². The standard InChI is InChI=1S/C21H21F4N3O3/c1-9-16-10(18(29)11(19(30)31)6-28(16)14-5-12(14)22)4-13(23)17(9)27-7-15-20(26,8-27)2-3-21(15,24)25/h4,6,12,14-15H,2-3,5,7-8,26H2,1H3,(H,30,31)/t12-,14+,15+,20+/m0/s1. The van der Waals surface area contributed by atoms with Gasteiger partial charge in [0.2, 0.25) is 5.43 Å². The summed E-state index contributed by atoms with van der Waals surface area (Å²) in [6, 6.07) is 0.259. The number of fused-ring (bicyclic) bond motifs is 2. The summed E-state index contributed by atoms with van der Waals surface area (Å²) in [7, 11) is 0. The molecule has 1 aromatic carbocycles. The van der Waals surface area contributed by atoms with E-state index in [1.165, 1.54) is 16.4 Å². The van der Waals surface area contributed by atoms with Crippen LogP contribution in [0, 0.1) is 18.7 Å². The zero-order valence-electron chi connectivity index (χ0n) is 16.7. The number of carbonyl (C=O) groups is 1. The monoisotopic (exact) mass is 439 g/mol. The Hall–Kier alpha value is -2.62. The highest BCUT2D eigenvalue weighted by molar-refractivity contribution is 5.95. The zero-order chi connectivity index (χ0) is 22.5. The van der Waals surface area contributed by atoms with Crippen molar-refractivity contribution in [3.63, 3.8) is 0 Å². The van der Waals surface area contributed by atoms with Crippen LogP contribution in [0.5, 0.6) is 0 Å². The fourth-order valence-corrected chi connectivity index (χ4v) is 5.40. The Morgan fingerprint density at radius 1 is 1.32 bits per heavy atom. The van der Waals surface area contributed by atoms with Gasteiger partial charge in [-0.2, -0.15) is 0 Å². The Morgan fingerprint density at radius 2 is 2.00 bits per heavy atom. The van der Waals surface area contributed by atoms with Crippen LogP contribution in [0.2, 0.25) is 0 Å². The van der Waals surface area contributed by atoms with E-state index in [4.69, 9.17) is 5.73 Å². The van der Waals surface area contributed by atoms with E-state index in [9.17, 15) is 27.9 Å². The number of nitrogens with two attached hydrogens (primary N) is 1. The van der Waals surface area contributed by atoms with Gasteiger partial charge in [-0.3, -0.25) is 4.79 Å². The molecule has 1 saturated heterocycles. The van der Waals surface area contributed by atoms with E-state index in [-0.39, 0.29) is 54.5 Å². The first-order valence-corrected chi connectivity index (χ1v) is 10.1. The summed E-state index contributed by atoms with van der Waals surface area (Å²) >= 11 is 0. The first-order chi connectivity index (χ1) is 14.4. The molecule has 166 valence electrons. The Morgan fingerprint density at radius 3 is 2.58 bits per heavy atom. The SMILES string of the molecule is Cc1c(N2C[C@H]3C(F)(F)CC[C@@]3(N)C2)c(F)cc2c(=O)c(C(=O)O)cn([C@@H]3C[C@@H]3F)c12. The van der Waals surface area contributed by atoms with Crippen LogP contribution in [0.15, 0.2) is 17.1 Å². The van der Waals surface area contributed by atoms with E-state index in [1.54, 1.807) is 0 Å². The van der Waals surface area contributed by atoms with Gasteiger partial charge >= 0.3 is 5.97 Å². The van der Waals surface area contributed by atoms with E-state index in [1.807, 2.05) is 0 Å². The maximum absolute atomic E-state index is 15.2. The number of carboxylic acid groups (broad SMARTS) is 1. The number of hydrogen-bond acceptors (Lipinski definition) is 4. The second-order valence-corrected chi connectivity index (χ2v) is 9.06. The average molecular weight is 439 g/mol. The van der Waals surface area contributed by atoms with E-state index >= 15 is 4.39 Å². The highest BCUT2D eigenvalue weighted by Crippen LogP contribution is 2.51. The third-order valence-electron chi connectivity index (χ3n) is 7.08. The molecule has 0 spiro atoms. The minimum atomic E-state index is -2.95. The number of nitrogens with zero attached hydrogens (tertiary/aromatic N) is 2. The molecule has 5 rings (SSSR count). The molecule has 3 N–H and O–H groups in total. The summed E-state index contributed by atoms with van der Waals surface area (Å²) in [6.07, 6.45) is -0.167. The fourth-order valence-electron chi connectivity index (χ4n) is 5.40. The molecule has 2 aromatic rings. The van der Waals surface area contributed by atoms with Crippen molar-refractivity contribution in [2.24, 2.45) is 11.7 Å². The number of carboxylic acids is 1. The van der Waals surface area contributed by atoms with E-state index in [2.05, 4.69) is 0 Å². The third kappa shape index (κ3) is 2.80. The topological polar surface area (TPSA) is 88.6 Å². The van der Waals surface area contributed by atoms with E-state index < -0.39 is 52.4 Å². The summed E-state index contributed by atoms with van der Waals surface area (Å²) in [4.78, 5) is 25.7. The Bertz CT molecular complexity index is 1200. The van der Waals surface area contributed by atoms with Crippen LogP contribution in [0.3, 0.4) is 0 Å². The molecule has 6 nitrogen and oxygen atoms in total. The van der Waals surface area contributed by atoms with Gasteiger partial charge in [0.05, 0.1) is 23.2 Å². The molecule has 10 heteroatoms. The highest BCUT2D eigenvalue weighted by Gasteiger charge is 2.61. The van der Waals surface area contributed by atoms with Gasteiger partial charge in [-0.1, -0.05) is 0 Å². The molecule has 3 fully saturated rings. The molecule has 2 heterocycles. The van der Waals surface area contributed by atoms with Crippen molar-refractivity contribution in [3.05, 3.63) is 39.4 Å². The number of aromatic carboxylic acids is 1. The van der Waals surface area contributed by atoms with Gasteiger partial charge in [0.15, 0.2) is 0 Å². The van der Waals surface area contributed by atoms with E-state index in [0.717, 1.165) is 12.3 Å². The number of benzene rings is 1. The Kier molecular flexibility index (Phi) is 4.07. The lowest BCUT2D eigenvalue weighted by Gasteiger charge is -2.26. The van der Waals surface area contributed by atoms with Crippen molar-refractivity contribution in [2.45, 2.75) is 49.9 Å². The molecule has 1 aromatic heterocycles. The third-order valence-corrected chi connectivity index (χ3v) is 7.08. The quantitative estimate of drug-likeness (QED) is 0.718. The molecule has 0 bridgehead atoms. The second-order valence-electron chi connectivity index (χ2n) is 9.06. The maximum atomic E-state index is 15.2. The summed E-state index contributed by atoms with van der Waals surface area (Å²) in [5, 5.41) is 9.18.